The van der Waals surface area contributed by atoms with Gasteiger partial charge in [-0.1, -0.05) is 42.5 Å². The lowest BCUT2D eigenvalue weighted by Crippen LogP contribution is -2.27. The summed E-state index contributed by atoms with van der Waals surface area (Å²) >= 11 is 0. The summed E-state index contributed by atoms with van der Waals surface area (Å²) in [5.41, 5.74) is 1.50. The average Bonchev–Trinajstić information content (AvgIpc) is 2.77. The quantitative estimate of drug-likeness (QED) is 0.450. The largest absolute Gasteiger partial charge is 0.455 e. The first-order valence-electron chi connectivity index (χ1n) is 9.68. The molecule has 0 N–H and O–H groups in total. The lowest BCUT2D eigenvalue weighted by Gasteiger charge is -2.19. The molecule has 1 aromatic heterocycles. The zero-order valence-corrected chi connectivity index (χ0v) is 17.0. The van der Waals surface area contributed by atoms with Gasteiger partial charge in [0.1, 0.15) is 17.4 Å². The summed E-state index contributed by atoms with van der Waals surface area (Å²) in [6.07, 6.45) is 0. The Hall–Kier alpha value is -3.80. The van der Waals surface area contributed by atoms with Crippen LogP contribution in [0.2, 0.25) is 0 Å². The number of hydrogen-bond donors (Lipinski definition) is 0. The number of amides is 1. The van der Waals surface area contributed by atoms with E-state index in [9.17, 15) is 18.4 Å². The second-order valence-electron chi connectivity index (χ2n) is 7.33. The van der Waals surface area contributed by atoms with Gasteiger partial charge in [-0.2, -0.15) is 0 Å². The van der Waals surface area contributed by atoms with Crippen LogP contribution in [0.4, 0.5) is 8.78 Å². The second-order valence-corrected chi connectivity index (χ2v) is 7.33. The number of para-hydroxylation sites is 1. The van der Waals surface area contributed by atoms with Crippen molar-refractivity contribution in [1.29, 1.82) is 0 Å². The molecule has 0 saturated carbocycles. The smallest absolute Gasteiger partial charge is 0.257 e. The lowest BCUT2D eigenvalue weighted by atomic mass is 10.0. The Morgan fingerprint density at radius 1 is 1.00 bits per heavy atom. The van der Waals surface area contributed by atoms with Crippen molar-refractivity contribution >= 4 is 16.9 Å². The van der Waals surface area contributed by atoms with Gasteiger partial charge in [-0.05, 0) is 25.1 Å². The van der Waals surface area contributed by atoms with Crippen LogP contribution < -0.4 is 5.43 Å². The molecule has 3 aromatic carbocycles. The Balaban J connectivity index is 1.79. The number of rotatable bonds is 4. The van der Waals surface area contributed by atoms with Crippen LogP contribution in [-0.4, -0.2) is 17.9 Å². The van der Waals surface area contributed by atoms with E-state index in [0.29, 0.717) is 16.7 Å². The first-order chi connectivity index (χ1) is 14.9. The number of hydrogen-bond acceptors (Lipinski definition) is 3. The van der Waals surface area contributed by atoms with Crippen LogP contribution in [0.1, 0.15) is 21.5 Å². The molecule has 0 aliphatic heterocycles. The minimum absolute atomic E-state index is 0.0665. The van der Waals surface area contributed by atoms with E-state index < -0.39 is 17.5 Å². The van der Waals surface area contributed by atoms with Gasteiger partial charge in [0.05, 0.1) is 10.9 Å². The third-order valence-electron chi connectivity index (χ3n) is 5.18. The SMILES string of the molecule is Cc1c(-c2ccccc2)oc2c(C(=O)N(C)Cc3ccc(F)cc3F)cccc2c1=O. The Labute approximate surface area is 177 Å². The van der Waals surface area contributed by atoms with Gasteiger partial charge in [0.15, 0.2) is 11.0 Å². The molecule has 4 aromatic rings. The molecule has 0 spiro atoms. The fraction of sp³-hybridized carbons (Fsp3) is 0.120. The zero-order valence-electron chi connectivity index (χ0n) is 17.0. The van der Waals surface area contributed by atoms with Crippen molar-refractivity contribution in [3.8, 4) is 11.3 Å². The highest BCUT2D eigenvalue weighted by atomic mass is 19.1. The zero-order chi connectivity index (χ0) is 22.1. The third kappa shape index (κ3) is 3.84. The summed E-state index contributed by atoms with van der Waals surface area (Å²) < 4.78 is 33.3. The molecule has 0 fully saturated rings. The number of halogens is 2. The third-order valence-corrected chi connectivity index (χ3v) is 5.18. The number of benzene rings is 3. The molecule has 0 saturated heterocycles. The molecular formula is C25H19F2NO3. The van der Waals surface area contributed by atoms with Crippen molar-refractivity contribution in [2.45, 2.75) is 13.5 Å². The monoisotopic (exact) mass is 419 g/mol. The Morgan fingerprint density at radius 2 is 1.74 bits per heavy atom. The van der Waals surface area contributed by atoms with Gasteiger partial charge in [0.25, 0.3) is 5.91 Å². The fourth-order valence-electron chi connectivity index (χ4n) is 3.53. The van der Waals surface area contributed by atoms with E-state index in [1.807, 2.05) is 30.3 Å². The Morgan fingerprint density at radius 3 is 2.45 bits per heavy atom. The van der Waals surface area contributed by atoms with E-state index >= 15 is 0 Å². The maximum atomic E-state index is 14.0. The van der Waals surface area contributed by atoms with E-state index in [4.69, 9.17) is 4.42 Å². The molecule has 0 bridgehead atoms. The van der Waals surface area contributed by atoms with Crippen LogP contribution in [-0.2, 0) is 6.54 Å². The lowest BCUT2D eigenvalue weighted by molar-refractivity contribution is 0.0784. The Bertz CT molecular complexity index is 1350. The molecule has 156 valence electrons. The predicted molar refractivity (Wildman–Crippen MR) is 115 cm³/mol. The molecule has 0 aliphatic carbocycles. The minimum atomic E-state index is -0.730. The summed E-state index contributed by atoms with van der Waals surface area (Å²) in [6, 6.07) is 17.2. The molecular weight excluding hydrogens is 400 g/mol. The van der Waals surface area contributed by atoms with E-state index in [1.54, 1.807) is 25.1 Å². The van der Waals surface area contributed by atoms with E-state index in [2.05, 4.69) is 0 Å². The normalized spacial score (nSPS) is 11.0. The first-order valence-corrected chi connectivity index (χ1v) is 9.68. The molecule has 0 radical (unpaired) electrons. The molecule has 0 atom stereocenters. The van der Waals surface area contributed by atoms with Gasteiger partial charge in [-0.3, -0.25) is 9.59 Å². The van der Waals surface area contributed by atoms with Crippen LogP contribution in [0.5, 0.6) is 0 Å². The molecule has 4 rings (SSSR count). The molecule has 31 heavy (non-hydrogen) atoms. The first kappa shape index (κ1) is 20.5. The van der Waals surface area contributed by atoms with Crippen molar-refractivity contribution in [2.24, 2.45) is 0 Å². The summed E-state index contributed by atoms with van der Waals surface area (Å²) in [6.45, 7) is 1.62. The van der Waals surface area contributed by atoms with Crippen molar-refractivity contribution < 1.29 is 18.0 Å². The highest BCUT2D eigenvalue weighted by Crippen LogP contribution is 2.28. The summed E-state index contributed by atoms with van der Waals surface area (Å²) in [5.74, 6) is -1.47. The van der Waals surface area contributed by atoms with E-state index in [0.717, 1.165) is 17.7 Å². The maximum Gasteiger partial charge on any atom is 0.257 e. The topological polar surface area (TPSA) is 50.5 Å². The van der Waals surface area contributed by atoms with Crippen molar-refractivity contribution in [2.75, 3.05) is 7.05 Å². The number of nitrogens with zero attached hydrogens (tertiary/aromatic N) is 1. The van der Waals surface area contributed by atoms with Gasteiger partial charge >= 0.3 is 0 Å². The summed E-state index contributed by atoms with van der Waals surface area (Å²) in [4.78, 5) is 27.4. The van der Waals surface area contributed by atoms with Crippen LogP contribution in [0.25, 0.3) is 22.3 Å². The summed E-state index contributed by atoms with van der Waals surface area (Å²) in [7, 11) is 1.51. The average molecular weight is 419 g/mol. The van der Waals surface area contributed by atoms with Gasteiger partial charge in [0.2, 0.25) is 0 Å². The van der Waals surface area contributed by atoms with Gasteiger partial charge in [0, 0.05) is 36.3 Å². The van der Waals surface area contributed by atoms with Gasteiger partial charge < -0.3 is 9.32 Å². The standard InChI is InChI=1S/C25H19F2NO3/c1-15-22(29)19-9-6-10-20(24(19)31-23(15)16-7-4-3-5-8-16)25(30)28(2)14-17-11-12-18(26)13-21(17)27/h3-13H,14H2,1-2H3. The van der Waals surface area contributed by atoms with Crippen LogP contribution in [0.3, 0.4) is 0 Å². The van der Waals surface area contributed by atoms with Crippen molar-refractivity contribution in [3.63, 3.8) is 0 Å². The molecule has 4 nitrogen and oxygen atoms in total. The van der Waals surface area contributed by atoms with E-state index in [-0.39, 0.29) is 28.7 Å². The predicted octanol–water partition coefficient (Wildman–Crippen LogP) is 5.32. The second kappa shape index (κ2) is 8.14. The number of carbonyl (C=O) groups is 1. The highest BCUT2D eigenvalue weighted by molar-refractivity contribution is 6.05. The Kier molecular flexibility index (Phi) is 5.38. The van der Waals surface area contributed by atoms with E-state index in [1.165, 1.54) is 18.0 Å². The number of carbonyl (C=O) groups excluding carboxylic acids is 1. The summed E-state index contributed by atoms with van der Waals surface area (Å²) in [5, 5.41) is 0.296. The molecule has 1 amide bonds. The van der Waals surface area contributed by atoms with Crippen LogP contribution >= 0.6 is 0 Å². The molecule has 1 heterocycles. The fourth-order valence-corrected chi connectivity index (χ4v) is 3.53. The molecule has 0 aliphatic rings. The van der Waals surface area contributed by atoms with Crippen LogP contribution in [0, 0.1) is 18.6 Å². The maximum absolute atomic E-state index is 14.0. The van der Waals surface area contributed by atoms with Gasteiger partial charge in [-0.25, -0.2) is 8.78 Å². The molecule has 0 unspecified atom stereocenters. The van der Waals surface area contributed by atoms with Crippen LogP contribution in [0.15, 0.2) is 75.9 Å². The number of fused-ring (bicyclic) bond motifs is 1. The molecule has 6 heteroatoms. The van der Waals surface area contributed by atoms with Crippen molar-refractivity contribution in [3.05, 3.63) is 105 Å². The minimum Gasteiger partial charge on any atom is -0.455 e. The highest BCUT2D eigenvalue weighted by Gasteiger charge is 2.21. The van der Waals surface area contributed by atoms with Crippen molar-refractivity contribution in [1.82, 2.24) is 4.90 Å². The van der Waals surface area contributed by atoms with Gasteiger partial charge in [-0.15, -0.1) is 0 Å².